The number of para-hydroxylation sites is 2. The number of carboxylic acids is 2. The van der Waals surface area contributed by atoms with E-state index in [2.05, 4.69) is 0 Å². The first-order valence-corrected chi connectivity index (χ1v) is 5.42. The largest absolute Gasteiger partial charge is 2.00 e. The predicted molar refractivity (Wildman–Crippen MR) is 65.7 cm³/mol. The van der Waals surface area contributed by atoms with E-state index in [9.17, 15) is 19.8 Å². The summed E-state index contributed by atoms with van der Waals surface area (Å²) < 4.78 is 0. The molecule has 2 N–H and O–H groups in total. The molecule has 0 saturated carbocycles. The zero-order chi connectivity index (χ0) is 15.1. The molecule has 2 rings (SSSR count). The van der Waals surface area contributed by atoms with Crippen molar-refractivity contribution in [3.8, 4) is 11.5 Å². The third kappa shape index (κ3) is 5.68. The Morgan fingerprint density at radius 3 is 1.19 bits per heavy atom. The SMILES string of the molecule is O=C(O)c1ccccc1[O-].O=C(O)c1ccccc1[O-].[Ti+2]. The van der Waals surface area contributed by atoms with Gasteiger partial charge in [0.05, 0.1) is 11.1 Å². The summed E-state index contributed by atoms with van der Waals surface area (Å²) in [6.45, 7) is 0. The molecule has 2 aromatic carbocycles. The van der Waals surface area contributed by atoms with Crippen LogP contribution in [-0.2, 0) is 21.7 Å². The third-order valence-electron chi connectivity index (χ3n) is 2.23. The standard InChI is InChI=1S/2C7H6O3.Ti/c2*8-6-4-2-1-3-5(6)7(9)10;/h2*1-4,8H,(H,9,10);/q;;+2/p-2. The molecule has 0 saturated heterocycles. The van der Waals surface area contributed by atoms with Gasteiger partial charge < -0.3 is 20.4 Å². The smallest absolute Gasteiger partial charge is 0.872 e. The molecule has 21 heavy (non-hydrogen) atoms. The fourth-order valence-corrected chi connectivity index (χ4v) is 1.29. The van der Waals surface area contributed by atoms with Crippen LogP contribution >= 0.6 is 0 Å². The molecule has 0 fully saturated rings. The summed E-state index contributed by atoms with van der Waals surface area (Å²) in [6, 6.07) is 11.1. The summed E-state index contributed by atoms with van der Waals surface area (Å²) in [7, 11) is 0. The second-order valence-electron chi connectivity index (χ2n) is 3.60. The average Bonchev–Trinajstić information content (AvgIpc) is 2.40. The van der Waals surface area contributed by atoms with Gasteiger partial charge in [0, 0.05) is 0 Å². The first-order valence-electron chi connectivity index (χ1n) is 5.42. The maximum absolute atomic E-state index is 10.7. The van der Waals surface area contributed by atoms with Crippen molar-refractivity contribution in [2.75, 3.05) is 0 Å². The van der Waals surface area contributed by atoms with E-state index in [1.165, 1.54) is 48.5 Å². The third-order valence-corrected chi connectivity index (χ3v) is 2.23. The first-order chi connectivity index (χ1) is 9.43. The van der Waals surface area contributed by atoms with E-state index in [1.54, 1.807) is 0 Å². The van der Waals surface area contributed by atoms with E-state index in [4.69, 9.17) is 10.2 Å². The van der Waals surface area contributed by atoms with Crippen LogP contribution in [0.3, 0.4) is 0 Å². The van der Waals surface area contributed by atoms with E-state index in [-0.39, 0.29) is 32.8 Å². The number of benzene rings is 2. The fraction of sp³-hybridized carbons (Fsp3) is 0. The molecule has 0 unspecified atom stereocenters. The number of hydrogen-bond donors (Lipinski definition) is 2. The Bertz CT molecular complexity index is 571. The maximum Gasteiger partial charge on any atom is 2.00 e. The van der Waals surface area contributed by atoms with Gasteiger partial charge in [-0.25, -0.2) is 9.59 Å². The molecule has 0 amide bonds. The van der Waals surface area contributed by atoms with Gasteiger partial charge in [-0.3, -0.25) is 0 Å². The summed E-state index contributed by atoms with van der Waals surface area (Å²) in [6.07, 6.45) is 0. The van der Waals surface area contributed by atoms with E-state index >= 15 is 0 Å². The van der Waals surface area contributed by atoms with Gasteiger partial charge in [-0.1, -0.05) is 47.9 Å². The minimum atomic E-state index is -1.18. The van der Waals surface area contributed by atoms with Crippen molar-refractivity contribution in [3.05, 3.63) is 59.7 Å². The Balaban J connectivity index is 0.000000364. The molecule has 7 heteroatoms. The Kier molecular flexibility index (Phi) is 7.82. The molecule has 0 aliphatic heterocycles. The zero-order valence-corrected chi connectivity index (χ0v) is 12.2. The summed E-state index contributed by atoms with van der Waals surface area (Å²) >= 11 is 0. The second kappa shape index (κ2) is 8.78. The van der Waals surface area contributed by atoms with Crippen LogP contribution in [0, 0.1) is 0 Å². The minimum absolute atomic E-state index is 0. The molecule has 0 heterocycles. The van der Waals surface area contributed by atoms with Crippen molar-refractivity contribution < 1.29 is 51.7 Å². The molecule has 2 aromatic rings. The van der Waals surface area contributed by atoms with Crippen LogP contribution in [0.25, 0.3) is 0 Å². The Labute approximate surface area is 135 Å². The molecular formula is C14H10O6Ti. The van der Waals surface area contributed by atoms with E-state index in [1.807, 2.05) is 0 Å². The fourth-order valence-electron chi connectivity index (χ4n) is 1.29. The molecule has 0 aliphatic carbocycles. The zero-order valence-electron chi connectivity index (χ0n) is 10.6. The van der Waals surface area contributed by atoms with Crippen LogP contribution in [0.1, 0.15) is 20.7 Å². The van der Waals surface area contributed by atoms with Gasteiger partial charge in [0.2, 0.25) is 0 Å². The number of hydrogen-bond acceptors (Lipinski definition) is 4. The van der Waals surface area contributed by atoms with Gasteiger partial charge in [0.15, 0.2) is 0 Å². The quantitative estimate of drug-likeness (QED) is 0.793. The van der Waals surface area contributed by atoms with Crippen molar-refractivity contribution in [3.63, 3.8) is 0 Å². The van der Waals surface area contributed by atoms with Crippen molar-refractivity contribution in [1.29, 1.82) is 0 Å². The van der Waals surface area contributed by atoms with Crippen LogP contribution in [0.4, 0.5) is 0 Å². The summed E-state index contributed by atoms with van der Waals surface area (Å²) in [5, 5.41) is 38.1. The molecule has 6 nitrogen and oxygen atoms in total. The van der Waals surface area contributed by atoms with Crippen molar-refractivity contribution in [2.45, 2.75) is 0 Å². The van der Waals surface area contributed by atoms with Gasteiger partial charge in [-0.15, -0.1) is 0 Å². The van der Waals surface area contributed by atoms with E-state index in [0.29, 0.717) is 0 Å². The topological polar surface area (TPSA) is 121 Å². The molecule has 0 aliphatic rings. The predicted octanol–water partition coefficient (Wildman–Crippen LogP) is 0.914. The van der Waals surface area contributed by atoms with Gasteiger partial charge in [0.25, 0.3) is 0 Å². The molecule has 0 bridgehead atoms. The Morgan fingerprint density at radius 1 is 0.714 bits per heavy atom. The molecule has 0 atom stereocenters. The monoisotopic (exact) mass is 322 g/mol. The van der Waals surface area contributed by atoms with Gasteiger partial charge in [-0.2, -0.15) is 0 Å². The molecule has 106 valence electrons. The number of aromatic carboxylic acids is 2. The normalized spacial score (nSPS) is 8.76. The van der Waals surface area contributed by atoms with Gasteiger partial charge in [-0.05, 0) is 12.1 Å². The average molecular weight is 322 g/mol. The summed E-state index contributed by atoms with van der Waals surface area (Å²) in [5.41, 5.74) is -0.356. The molecular weight excluding hydrogens is 312 g/mol. The number of carbonyl (C=O) groups is 2. The van der Waals surface area contributed by atoms with Crippen LogP contribution in [0.2, 0.25) is 0 Å². The Morgan fingerprint density at radius 2 is 1.00 bits per heavy atom. The minimum Gasteiger partial charge on any atom is -0.872 e. The second-order valence-corrected chi connectivity index (χ2v) is 3.60. The van der Waals surface area contributed by atoms with Crippen molar-refractivity contribution in [2.24, 2.45) is 0 Å². The summed E-state index contributed by atoms with van der Waals surface area (Å²) in [5.74, 6) is -3.25. The van der Waals surface area contributed by atoms with Crippen molar-refractivity contribution in [1.82, 2.24) is 0 Å². The van der Waals surface area contributed by atoms with E-state index < -0.39 is 23.4 Å². The first kappa shape index (κ1) is 18.7. The number of rotatable bonds is 2. The van der Waals surface area contributed by atoms with Crippen LogP contribution in [-0.4, -0.2) is 22.2 Å². The molecule has 0 aromatic heterocycles. The molecule has 0 spiro atoms. The van der Waals surface area contributed by atoms with Gasteiger partial charge >= 0.3 is 33.7 Å². The number of carboxylic acid groups (broad SMARTS) is 2. The maximum atomic E-state index is 10.7. The van der Waals surface area contributed by atoms with Crippen molar-refractivity contribution >= 4 is 11.9 Å². The summed E-state index contributed by atoms with van der Waals surface area (Å²) in [4.78, 5) is 20.4. The van der Waals surface area contributed by atoms with Crippen LogP contribution in [0.5, 0.6) is 11.5 Å². The molecule has 0 radical (unpaired) electrons. The van der Waals surface area contributed by atoms with Crippen LogP contribution in [0.15, 0.2) is 48.5 Å². The Hall–Kier alpha value is -2.31. The van der Waals surface area contributed by atoms with Crippen LogP contribution < -0.4 is 10.2 Å². The van der Waals surface area contributed by atoms with Gasteiger partial charge in [0.1, 0.15) is 0 Å². The van der Waals surface area contributed by atoms with E-state index in [0.717, 1.165) is 0 Å².